The second-order valence-corrected chi connectivity index (χ2v) is 8.76. The molecule has 1 fully saturated rings. The molecule has 0 bridgehead atoms. The third-order valence-corrected chi connectivity index (χ3v) is 6.46. The van der Waals surface area contributed by atoms with Gasteiger partial charge in [-0.1, -0.05) is 60.8 Å². The maximum atomic E-state index is 12.3. The summed E-state index contributed by atoms with van der Waals surface area (Å²) in [6, 6.07) is 7.62. The number of amides is 2. The number of hydrogen-bond acceptors (Lipinski definition) is 5. The number of halogens is 1. The predicted octanol–water partition coefficient (Wildman–Crippen LogP) is 3.82. The summed E-state index contributed by atoms with van der Waals surface area (Å²) in [6.07, 6.45) is 8.88. The standard InChI is InChI=1S/C22H28ClN5O2S/c1-2-28-19(14-24-20(29)13-12-16-8-6-7-11-18(16)23)26-27-22(28)31-15-21(30)25-17-9-4-3-5-10-17/h6-8,11-13,17H,2-5,9-10,14-15H2,1H3,(H,24,29)(H,25,30). The van der Waals surface area contributed by atoms with Crippen LogP contribution in [-0.4, -0.2) is 38.4 Å². The minimum absolute atomic E-state index is 0.0297. The van der Waals surface area contributed by atoms with E-state index in [9.17, 15) is 9.59 Å². The first-order valence-corrected chi connectivity index (χ1v) is 12.0. The van der Waals surface area contributed by atoms with Gasteiger partial charge in [0.15, 0.2) is 11.0 Å². The first-order valence-electron chi connectivity index (χ1n) is 10.6. The number of aromatic nitrogens is 3. The van der Waals surface area contributed by atoms with Crippen LogP contribution in [-0.2, 0) is 22.7 Å². The van der Waals surface area contributed by atoms with Gasteiger partial charge in [-0.2, -0.15) is 0 Å². The van der Waals surface area contributed by atoms with Crippen molar-refractivity contribution in [2.75, 3.05) is 5.75 Å². The van der Waals surface area contributed by atoms with E-state index in [1.807, 2.05) is 29.7 Å². The molecule has 1 aliphatic carbocycles. The summed E-state index contributed by atoms with van der Waals surface area (Å²) in [5.41, 5.74) is 0.779. The zero-order valence-electron chi connectivity index (χ0n) is 17.6. The average Bonchev–Trinajstić information content (AvgIpc) is 3.18. The van der Waals surface area contributed by atoms with Gasteiger partial charge in [-0.3, -0.25) is 9.59 Å². The number of carbonyl (C=O) groups excluding carboxylic acids is 2. The Morgan fingerprint density at radius 2 is 2.00 bits per heavy atom. The van der Waals surface area contributed by atoms with Crippen LogP contribution in [0.2, 0.25) is 5.02 Å². The van der Waals surface area contributed by atoms with Gasteiger partial charge in [-0.05, 0) is 37.5 Å². The molecule has 0 radical (unpaired) electrons. The normalized spacial score (nSPS) is 14.6. The van der Waals surface area contributed by atoms with Crippen LogP contribution >= 0.6 is 23.4 Å². The highest BCUT2D eigenvalue weighted by Gasteiger charge is 2.17. The van der Waals surface area contributed by atoms with Crippen molar-refractivity contribution in [2.45, 2.75) is 63.3 Å². The lowest BCUT2D eigenvalue weighted by Crippen LogP contribution is -2.37. The van der Waals surface area contributed by atoms with Crippen molar-refractivity contribution < 1.29 is 9.59 Å². The zero-order valence-corrected chi connectivity index (χ0v) is 19.2. The van der Waals surface area contributed by atoms with Crippen molar-refractivity contribution in [1.82, 2.24) is 25.4 Å². The summed E-state index contributed by atoms with van der Waals surface area (Å²) in [4.78, 5) is 24.4. The highest BCUT2D eigenvalue weighted by Crippen LogP contribution is 2.20. The van der Waals surface area contributed by atoms with Crippen LogP contribution < -0.4 is 10.6 Å². The Morgan fingerprint density at radius 3 is 2.74 bits per heavy atom. The quantitative estimate of drug-likeness (QED) is 0.437. The molecule has 3 rings (SSSR count). The van der Waals surface area contributed by atoms with E-state index < -0.39 is 0 Å². The van der Waals surface area contributed by atoms with Crippen LogP contribution in [0.3, 0.4) is 0 Å². The largest absolute Gasteiger partial charge is 0.353 e. The molecule has 0 spiro atoms. The summed E-state index contributed by atoms with van der Waals surface area (Å²) in [5, 5.41) is 15.6. The number of carbonyl (C=O) groups is 2. The highest BCUT2D eigenvalue weighted by molar-refractivity contribution is 7.99. The Hall–Kier alpha value is -2.32. The molecule has 1 heterocycles. The van der Waals surface area contributed by atoms with Crippen molar-refractivity contribution in [1.29, 1.82) is 0 Å². The Labute approximate surface area is 192 Å². The summed E-state index contributed by atoms with van der Waals surface area (Å²) < 4.78 is 1.91. The number of nitrogens with one attached hydrogen (secondary N) is 2. The molecule has 0 atom stereocenters. The minimum atomic E-state index is -0.244. The van der Waals surface area contributed by atoms with Gasteiger partial charge in [-0.15, -0.1) is 10.2 Å². The van der Waals surface area contributed by atoms with Gasteiger partial charge in [0.25, 0.3) is 0 Å². The molecular weight excluding hydrogens is 434 g/mol. The van der Waals surface area contributed by atoms with Crippen molar-refractivity contribution >= 4 is 41.3 Å². The van der Waals surface area contributed by atoms with Crippen molar-refractivity contribution in [3.63, 3.8) is 0 Å². The van der Waals surface area contributed by atoms with Crippen LogP contribution in [0.4, 0.5) is 0 Å². The van der Waals surface area contributed by atoms with E-state index in [1.165, 1.54) is 37.1 Å². The fourth-order valence-electron chi connectivity index (χ4n) is 3.52. The van der Waals surface area contributed by atoms with Crippen molar-refractivity contribution in [2.24, 2.45) is 0 Å². The first kappa shape index (κ1) is 23.3. The topological polar surface area (TPSA) is 88.9 Å². The van der Waals surface area contributed by atoms with Gasteiger partial charge >= 0.3 is 0 Å². The number of hydrogen-bond donors (Lipinski definition) is 2. The van der Waals surface area contributed by atoms with Crippen LogP contribution in [0, 0.1) is 0 Å². The van der Waals surface area contributed by atoms with Gasteiger partial charge in [0.1, 0.15) is 0 Å². The Morgan fingerprint density at radius 1 is 1.23 bits per heavy atom. The highest BCUT2D eigenvalue weighted by atomic mass is 35.5. The molecule has 2 aromatic rings. The lowest BCUT2D eigenvalue weighted by molar-refractivity contribution is -0.119. The van der Waals surface area contributed by atoms with Gasteiger partial charge in [0, 0.05) is 23.7 Å². The van der Waals surface area contributed by atoms with Gasteiger partial charge in [-0.25, -0.2) is 0 Å². The third-order valence-electron chi connectivity index (χ3n) is 5.15. The zero-order chi connectivity index (χ0) is 22.1. The smallest absolute Gasteiger partial charge is 0.244 e. The maximum Gasteiger partial charge on any atom is 0.244 e. The summed E-state index contributed by atoms with van der Waals surface area (Å²) in [6.45, 7) is 2.89. The SMILES string of the molecule is CCn1c(CNC(=O)C=Cc2ccccc2Cl)nnc1SCC(=O)NC1CCCCC1. The Kier molecular flexibility index (Phi) is 8.97. The molecule has 7 nitrogen and oxygen atoms in total. The minimum Gasteiger partial charge on any atom is -0.353 e. The van der Waals surface area contributed by atoms with Crippen molar-refractivity contribution in [3.05, 3.63) is 46.8 Å². The third kappa shape index (κ3) is 7.11. The van der Waals surface area contributed by atoms with Gasteiger partial charge < -0.3 is 15.2 Å². The Bertz CT molecular complexity index is 924. The van der Waals surface area contributed by atoms with E-state index in [0.29, 0.717) is 34.3 Å². The van der Waals surface area contributed by atoms with Crippen LogP contribution in [0.25, 0.3) is 6.08 Å². The molecule has 9 heteroatoms. The van der Waals surface area contributed by atoms with E-state index in [0.717, 1.165) is 18.4 Å². The second-order valence-electron chi connectivity index (χ2n) is 7.41. The first-order chi connectivity index (χ1) is 15.1. The van der Waals surface area contributed by atoms with Crippen LogP contribution in [0.15, 0.2) is 35.5 Å². The average molecular weight is 462 g/mol. The molecule has 1 aromatic carbocycles. The number of benzene rings is 1. The molecule has 0 saturated heterocycles. The van der Waals surface area contributed by atoms with Crippen LogP contribution in [0.5, 0.6) is 0 Å². The van der Waals surface area contributed by atoms with Gasteiger partial charge in [0.05, 0.1) is 12.3 Å². The molecular formula is C22H28ClN5O2S. The van der Waals surface area contributed by atoms with Gasteiger partial charge in [0.2, 0.25) is 11.8 Å². The maximum absolute atomic E-state index is 12.3. The van der Waals surface area contributed by atoms with E-state index in [1.54, 1.807) is 12.1 Å². The molecule has 31 heavy (non-hydrogen) atoms. The molecule has 0 unspecified atom stereocenters. The summed E-state index contributed by atoms with van der Waals surface area (Å²) in [7, 11) is 0. The van der Waals surface area contributed by atoms with E-state index in [2.05, 4.69) is 20.8 Å². The molecule has 0 aliphatic heterocycles. The molecule has 1 aromatic heterocycles. The van der Waals surface area contributed by atoms with Crippen LogP contribution in [0.1, 0.15) is 50.4 Å². The fraction of sp³-hybridized carbons (Fsp3) is 0.455. The summed E-state index contributed by atoms with van der Waals surface area (Å²) >= 11 is 7.46. The molecule has 2 N–H and O–H groups in total. The number of thioether (sulfide) groups is 1. The molecule has 1 aliphatic rings. The predicted molar refractivity (Wildman–Crippen MR) is 124 cm³/mol. The summed E-state index contributed by atoms with van der Waals surface area (Å²) in [5.74, 6) is 0.743. The lowest BCUT2D eigenvalue weighted by Gasteiger charge is -2.22. The van der Waals surface area contributed by atoms with E-state index in [4.69, 9.17) is 11.6 Å². The second kappa shape index (κ2) is 11.9. The van der Waals surface area contributed by atoms with Crippen molar-refractivity contribution in [3.8, 4) is 0 Å². The monoisotopic (exact) mass is 461 g/mol. The molecule has 166 valence electrons. The Balaban J connectivity index is 1.49. The number of nitrogens with zero attached hydrogens (tertiary/aromatic N) is 3. The van der Waals surface area contributed by atoms with E-state index >= 15 is 0 Å². The number of rotatable bonds is 9. The molecule has 2 amide bonds. The molecule has 1 saturated carbocycles. The lowest BCUT2D eigenvalue weighted by atomic mass is 9.95. The van der Waals surface area contributed by atoms with E-state index in [-0.39, 0.29) is 18.4 Å². The fourth-order valence-corrected chi connectivity index (χ4v) is 4.55.